The van der Waals surface area contributed by atoms with Crippen molar-refractivity contribution in [2.24, 2.45) is 0 Å². The van der Waals surface area contributed by atoms with Gasteiger partial charge in [-0.1, -0.05) is 18.2 Å². The SMILES string of the molecule is CCOC(=O)NC(=O)c1c(NC(=O)Cc2ccc(C)c(C)c2)sc2c1CCC2. The fourth-order valence-corrected chi connectivity index (χ4v) is 4.63. The number of hydrogen-bond acceptors (Lipinski definition) is 5. The Morgan fingerprint density at radius 3 is 2.64 bits per heavy atom. The van der Waals surface area contributed by atoms with Gasteiger partial charge in [-0.05, 0) is 62.3 Å². The second-order valence-electron chi connectivity index (χ2n) is 6.88. The van der Waals surface area contributed by atoms with Crippen molar-refractivity contribution < 1.29 is 19.1 Å². The molecule has 1 heterocycles. The summed E-state index contributed by atoms with van der Waals surface area (Å²) in [7, 11) is 0. The number of imide groups is 1. The van der Waals surface area contributed by atoms with Crippen LogP contribution in [-0.4, -0.2) is 24.5 Å². The van der Waals surface area contributed by atoms with E-state index in [9.17, 15) is 14.4 Å². The first-order valence-electron chi connectivity index (χ1n) is 9.37. The standard InChI is InChI=1S/C21H24N2O4S/c1-4-27-21(26)23-19(25)18-15-6-5-7-16(15)28-20(18)22-17(24)11-14-9-8-12(2)13(3)10-14/h8-10H,4-7,11H2,1-3H3,(H,22,24)(H,23,25,26). The summed E-state index contributed by atoms with van der Waals surface area (Å²) in [6, 6.07) is 5.93. The van der Waals surface area contributed by atoms with E-state index >= 15 is 0 Å². The normalized spacial score (nSPS) is 12.4. The van der Waals surface area contributed by atoms with Gasteiger partial charge in [-0.25, -0.2) is 4.79 Å². The summed E-state index contributed by atoms with van der Waals surface area (Å²) >= 11 is 1.42. The van der Waals surface area contributed by atoms with Gasteiger partial charge in [0.1, 0.15) is 5.00 Å². The van der Waals surface area contributed by atoms with Crippen LogP contribution in [0.4, 0.5) is 9.80 Å². The third kappa shape index (κ3) is 4.42. The van der Waals surface area contributed by atoms with Crippen molar-refractivity contribution in [3.63, 3.8) is 0 Å². The van der Waals surface area contributed by atoms with Crippen molar-refractivity contribution in [3.8, 4) is 0 Å². The van der Waals surface area contributed by atoms with E-state index in [0.717, 1.165) is 40.8 Å². The van der Waals surface area contributed by atoms with E-state index < -0.39 is 12.0 Å². The summed E-state index contributed by atoms with van der Waals surface area (Å²) in [5.41, 5.74) is 4.54. The molecule has 0 fully saturated rings. The molecule has 0 aliphatic heterocycles. The molecule has 1 aromatic heterocycles. The number of fused-ring (bicyclic) bond motifs is 1. The number of rotatable bonds is 5. The molecular formula is C21H24N2O4S. The zero-order valence-electron chi connectivity index (χ0n) is 16.3. The summed E-state index contributed by atoms with van der Waals surface area (Å²) in [4.78, 5) is 38.0. The lowest BCUT2D eigenvalue weighted by Gasteiger charge is -2.09. The maximum atomic E-state index is 12.6. The number of alkyl carbamates (subject to hydrolysis) is 1. The molecule has 0 saturated carbocycles. The Bertz CT molecular complexity index is 933. The Hall–Kier alpha value is -2.67. The molecule has 0 bridgehead atoms. The van der Waals surface area contributed by atoms with Crippen LogP contribution in [0, 0.1) is 13.8 Å². The molecule has 6 nitrogen and oxygen atoms in total. The van der Waals surface area contributed by atoms with Crippen molar-refractivity contribution >= 4 is 34.2 Å². The van der Waals surface area contributed by atoms with E-state index in [1.165, 1.54) is 16.9 Å². The molecule has 7 heteroatoms. The number of amides is 3. The van der Waals surface area contributed by atoms with Gasteiger partial charge in [0.15, 0.2) is 0 Å². The number of carbonyl (C=O) groups is 3. The second kappa shape index (κ2) is 8.56. The van der Waals surface area contributed by atoms with E-state index in [1.54, 1.807) is 6.92 Å². The summed E-state index contributed by atoms with van der Waals surface area (Å²) in [6.45, 7) is 5.89. The van der Waals surface area contributed by atoms with Crippen molar-refractivity contribution in [3.05, 3.63) is 50.9 Å². The maximum absolute atomic E-state index is 12.6. The van der Waals surface area contributed by atoms with Gasteiger partial charge in [0.05, 0.1) is 18.6 Å². The van der Waals surface area contributed by atoms with Crippen LogP contribution < -0.4 is 10.6 Å². The Kier molecular flexibility index (Phi) is 6.14. The molecule has 0 radical (unpaired) electrons. The van der Waals surface area contributed by atoms with Crippen LogP contribution in [0.3, 0.4) is 0 Å². The number of benzene rings is 1. The minimum absolute atomic E-state index is 0.181. The lowest BCUT2D eigenvalue weighted by molar-refractivity contribution is -0.115. The maximum Gasteiger partial charge on any atom is 0.414 e. The Balaban J connectivity index is 1.78. The molecule has 0 spiro atoms. The Morgan fingerprint density at radius 1 is 1.14 bits per heavy atom. The van der Waals surface area contributed by atoms with Crippen LogP contribution in [0.1, 0.15) is 50.8 Å². The van der Waals surface area contributed by atoms with Crippen LogP contribution in [0.25, 0.3) is 0 Å². The summed E-state index contributed by atoms with van der Waals surface area (Å²) in [6.07, 6.45) is 2.06. The Labute approximate surface area is 168 Å². The van der Waals surface area contributed by atoms with Gasteiger partial charge in [-0.3, -0.25) is 14.9 Å². The molecule has 2 N–H and O–H groups in total. The van der Waals surface area contributed by atoms with Gasteiger partial charge in [0, 0.05) is 4.88 Å². The molecule has 148 valence electrons. The fourth-order valence-electron chi connectivity index (χ4n) is 3.32. The molecule has 0 saturated heterocycles. The molecule has 2 aromatic rings. The van der Waals surface area contributed by atoms with E-state index in [0.29, 0.717) is 10.6 Å². The predicted molar refractivity (Wildman–Crippen MR) is 109 cm³/mol. The number of ether oxygens (including phenoxy) is 1. The number of thiophene rings is 1. The third-order valence-electron chi connectivity index (χ3n) is 4.83. The van der Waals surface area contributed by atoms with Crippen molar-refractivity contribution in [2.45, 2.75) is 46.5 Å². The molecule has 0 atom stereocenters. The minimum Gasteiger partial charge on any atom is -0.450 e. The lowest BCUT2D eigenvalue weighted by Crippen LogP contribution is -2.32. The highest BCUT2D eigenvalue weighted by atomic mass is 32.1. The van der Waals surface area contributed by atoms with Crippen LogP contribution in [-0.2, 0) is 28.8 Å². The van der Waals surface area contributed by atoms with E-state index in [-0.39, 0.29) is 18.9 Å². The average Bonchev–Trinajstić information content (AvgIpc) is 3.18. The van der Waals surface area contributed by atoms with Gasteiger partial charge in [-0.15, -0.1) is 11.3 Å². The van der Waals surface area contributed by atoms with E-state index in [4.69, 9.17) is 4.74 Å². The molecule has 3 amide bonds. The zero-order chi connectivity index (χ0) is 20.3. The highest BCUT2D eigenvalue weighted by molar-refractivity contribution is 7.17. The topological polar surface area (TPSA) is 84.5 Å². The van der Waals surface area contributed by atoms with Crippen LogP contribution in [0.2, 0.25) is 0 Å². The van der Waals surface area contributed by atoms with Crippen molar-refractivity contribution in [1.29, 1.82) is 0 Å². The molecule has 1 aliphatic rings. The monoisotopic (exact) mass is 400 g/mol. The predicted octanol–water partition coefficient (Wildman–Crippen LogP) is 3.92. The van der Waals surface area contributed by atoms with E-state index in [1.807, 2.05) is 32.0 Å². The highest BCUT2D eigenvalue weighted by Gasteiger charge is 2.28. The van der Waals surface area contributed by atoms with Gasteiger partial charge in [0.2, 0.25) is 5.91 Å². The summed E-state index contributed by atoms with van der Waals surface area (Å²) < 4.78 is 4.80. The number of nitrogens with one attached hydrogen (secondary N) is 2. The van der Waals surface area contributed by atoms with Crippen LogP contribution >= 0.6 is 11.3 Å². The summed E-state index contributed by atoms with van der Waals surface area (Å²) in [5.74, 6) is -0.715. The number of carbonyl (C=O) groups excluding carboxylic acids is 3. The first-order valence-corrected chi connectivity index (χ1v) is 10.2. The molecule has 3 rings (SSSR count). The van der Waals surface area contributed by atoms with Crippen molar-refractivity contribution in [2.75, 3.05) is 11.9 Å². The first-order chi connectivity index (χ1) is 13.4. The number of anilines is 1. The molecule has 0 unspecified atom stereocenters. The summed E-state index contributed by atoms with van der Waals surface area (Å²) in [5, 5.41) is 5.62. The van der Waals surface area contributed by atoms with Gasteiger partial charge in [-0.2, -0.15) is 0 Å². The minimum atomic E-state index is -0.780. The molecular weight excluding hydrogens is 376 g/mol. The van der Waals surface area contributed by atoms with Gasteiger partial charge < -0.3 is 10.1 Å². The molecule has 1 aromatic carbocycles. The third-order valence-corrected chi connectivity index (χ3v) is 6.04. The van der Waals surface area contributed by atoms with Crippen LogP contribution in [0.5, 0.6) is 0 Å². The lowest BCUT2D eigenvalue weighted by atomic mass is 10.0. The average molecular weight is 401 g/mol. The van der Waals surface area contributed by atoms with Gasteiger partial charge in [0.25, 0.3) is 5.91 Å². The number of aryl methyl sites for hydroxylation is 3. The zero-order valence-corrected chi connectivity index (χ0v) is 17.1. The second-order valence-corrected chi connectivity index (χ2v) is 7.98. The molecule has 28 heavy (non-hydrogen) atoms. The highest BCUT2D eigenvalue weighted by Crippen LogP contribution is 2.39. The Morgan fingerprint density at radius 2 is 1.93 bits per heavy atom. The first kappa shape index (κ1) is 20.1. The largest absolute Gasteiger partial charge is 0.450 e. The number of hydrogen-bond donors (Lipinski definition) is 2. The smallest absolute Gasteiger partial charge is 0.414 e. The van der Waals surface area contributed by atoms with E-state index in [2.05, 4.69) is 10.6 Å². The fraction of sp³-hybridized carbons (Fsp3) is 0.381. The van der Waals surface area contributed by atoms with Crippen LogP contribution in [0.15, 0.2) is 18.2 Å². The quantitative estimate of drug-likeness (QED) is 0.797. The molecule has 1 aliphatic carbocycles. The van der Waals surface area contributed by atoms with Crippen molar-refractivity contribution in [1.82, 2.24) is 5.32 Å². The van der Waals surface area contributed by atoms with Gasteiger partial charge >= 0.3 is 6.09 Å².